The van der Waals surface area contributed by atoms with Crippen LogP contribution in [-0.4, -0.2) is 24.7 Å². The summed E-state index contributed by atoms with van der Waals surface area (Å²) >= 11 is 0. The van der Waals surface area contributed by atoms with E-state index in [2.05, 4.69) is 10.3 Å². The molecule has 3 nitrogen and oxygen atoms in total. The molecule has 0 amide bonds. The van der Waals surface area contributed by atoms with E-state index in [1.54, 1.807) is 0 Å². The number of pyridine rings is 1. The summed E-state index contributed by atoms with van der Waals surface area (Å²) in [5.74, 6) is 0. The van der Waals surface area contributed by atoms with E-state index in [9.17, 15) is 13.2 Å². The molecule has 0 saturated carbocycles. The fourth-order valence-electron chi connectivity index (χ4n) is 2.12. The van der Waals surface area contributed by atoms with Crippen LogP contribution in [0.4, 0.5) is 18.9 Å². The number of halogens is 3. The molecule has 17 heavy (non-hydrogen) atoms. The van der Waals surface area contributed by atoms with Gasteiger partial charge in [0.2, 0.25) is 0 Å². The number of aromatic nitrogens is 1. The topological polar surface area (TPSA) is 28.2 Å². The van der Waals surface area contributed by atoms with Crippen molar-refractivity contribution in [1.82, 2.24) is 10.3 Å². The van der Waals surface area contributed by atoms with Crippen molar-refractivity contribution in [3.8, 4) is 0 Å². The van der Waals surface area contributed by atoms with Gasteiger partial charge in [-0.15, -0.1) is 0 Å². The van der Waals surface area contributed by atoms with Gasteiger partial charge in [-0.25, -0.2) is 0 Å². The number of nitrogens with zero attached hydrogens (tertiary/aromatic N) is 2. The van der Waals surface area contributed by atoms with E-state index in [0.717, 1.165) is 31.6 Å². The van der Waals surface area contributed by atoms with Gasteiger partial charge in [-0.3, -0.25) is 4.98 Å². The van der Waals surface area contributed by atoms with Crippen molar-refractivity contribution < 1.29 is 13.2 Å². The van der Waals surface area contributed by atoms with Gasteiger partial charge >= 0.3 is 6.18 Å². The van der Waals surface area contributed by atoms with Crippen LogP contribution in [0.25, 0.3) is 0 Å². The molecule has 1 atom stereocenters. The zero-order chi connectivity index (χ0) is 12.5. The minimum atomic E-state index is -4.34. The first kappa shape index (κ1) is 12.2. The Morgan fingerprint density at radius 1 is 1.41 bits per heavy atom. The number of hydrogen-bond acceptors (Lipinski definition) is 3. The molecule has 1 fully saturated rings. The molecule has 2 heterocycles. The van der Waals surface area contributed by atoms with E-state index in [-0.39, 0.29) is 6.17 Å². The molecule has 1 unspecified atom stereocenters. The van der Waals surface area contributed by atoms with Crippen LogP contribution in [0, 0.1) is 0 Å². The van der Waals surface area contributed by atoms with Crippen molar-refractivity contribution in [3.63, 3.8) is 0 Å². The minimum absolute atomic E-state index is 0.0975. The summed E-state index contributed by atoms with van der Waals surface area (Å²) < 4.78 is 37.7. The Hall–Kier alpha value is -1.30. The van der Waals surface area contributed by atoms with Crippen LogP contribution in [0.3, 0.4) is 0 Å². The lowest BCUT2D eigenvalue weighted by Crippen LogP contribution is -2.39. The van der Waals surface area contributed by atoms with E-state index in [1.807, 2.05) is 11.9 Å². The summed E-state index contributed by atoms with van der Waals surface area (Å²) in [6.07, 6.45) is 0.00545. The van der Waals surface area contributed by atoms with Gasteiger partial charge in [0.15, 0.2) is 0 Å². The van der Waals surface area contributed by atoms with Crippen LogP contribution < -0.4 is 10.2 Å². The maximum atomic E-state index is 12.6. The third kappa shape index (κ3) is 2.52. The van der Waals surface area contributed by atoms with E-state index in [4.69, 9.17) is 0 Å². The fraction of sp³-hybridized carbons (Fsp3) is 0.545. The molecule has 0 aliphatic carbocycles. The standard InChI is InChI=1S/C11H14F3N3/c1-15-10-3-2-4-17(10)9-5-8(6-16-7-9)11(12,13)14/h5-7,10,15H,2-4H2,1H3. The van der Waals surface area contributed by atoms with Crippen molar-refractivity contribution in [2.45, 2.75) is 25.2 Å². The predicted molar refractivity (Wildman–Crippen MR) is 58.7 cm³/mol. The molecule has 1 aliphatic rings. The largest absolute Gasteiger partial charge is 0.417 e. The van der Waals surface area contributed by atoms with E-state index in [0.29, 0.717) is 5.69 Å². The second kappa shape index (κ2) is 4.52. The van der Waals surface area contributed by atoms with Crippen LogP contribution in [0.1, 0.15) is 18.4 Å². The molecule has 1 aliphatic heterocycles. The van der Waals surface area contributed by atoms with Crippen LogP contribution >= 0.6 is 0 Å². The van der Waals surface area contributed by atoms with E-state index < -0.39 is 11.7 Å². The molecule has 6 heteroatoms. The minimum Gasteiger partial charge on any atom is -0.355 e. The lowest BCUT2D eigenvalue weighted by molar-refractivity contribution is -0.137. The van der Waals surface area contributed by atoms with Gasteiger partial charge in [0, 0.05) is 12.7 Å². The van der Waals surface area contributed by atoms with Crippen molar-refractivity contribution >= 4 is 5.69 Å². The molecule has 1 aromatic rings. The summed E-state index contributed by atoms with van der Waals surface area (Å²) in [5, 5.41) is 3.09. The van der Waals surface area contributed by atoms with Gasteiger partial charge in [0.05, 0.1) is 23.6 Å². The van der Waals surface area contributed by atoms with Crippen LogP contribution in [0.5, 0.6) is 0 Å². The summed E-state index contributed by atoms with van der Waals surface area (Å²) in [7, 11) is 1.81. The SMILES string of the molecule is CNC1CCCN1c1cncc(C(F)(F)F)c1. The van der Waals surface area contributed by atoms with E-state index in [1.165, 1.54) is 6.20 Å². The van der Waals surface area contributed by atoms with Crippen molar-refractivity contribution in [2.75, 3.05) is 18.5 Å². The molecule has 2 rings (SSSR count). The van der Waals surface area contributed by atoms with Gasteiger partial charge < -0.3 is 10.2 Å². The zero-order valence-electron chi connectivity index (χ0n) is 9.46. The molecular formula is C11H14F3N3. The van der Waals surface area contributed by atoms with Gasteiger partial charge in [-0.2, -0.15) is 13.2 Å². The molecule has 94 valence electrons. The quantitative estimate of drug-likeness (QED) is 0.866. The first-order chi connectivity index (χ1) is 8.02. The average molecular weight is 245 g/mol. The van der Waals surface area contributed by atoms with Crippen LogP contribution in [0.2, 0.25) is 0 Å². The van der Waals surface area contributed by atoms with Crippen LogP contribution in [-0.2, 0) is 6.18 Å². The van der Waals surface area contributed by atoms with Crippen LogP contribution in [0.15, 0.2) is 18.5 Å². The summed E-state index contributed by atoms with van der Waals surface area (Å²) in [4.78, 5) is 5.59. The van der Waals surface area contributed by atoms with Gasteiger partial charge in [-0.05, 0) is 26.0 Å². The zero-order valence-corrected chi connectivity index (χ0v) is 9.46. The second-order valence-corrected chi connectivity index (χ2v) is 4.07. The summed E-state index contributed by atoms with van der Waals surface area (Å²) in [6, 6.07) is 1.16. The molecule has 1 saturated heterocycles. The highest BCUT2D eigenvalue weighted by Gasteiger charge is 2.32. The molecule has 0 aromatic carbocycles. The molecule has 1 N–H and O–H groups in total. The Balaban J connectivity index is 2.27. The first-order valence-electron chi connectivity index (χ1n) is 5.48. The third-order valence-electron chi connectivity index (χ3n) is 2.97. The Labute approximate surface area is 97.6 Å². The molecule has 1 aromatic heterocycles. The van der Waals surface area contributed by atoms with Gasteiger partial charge in [-0.1, -0.05) is 0 Å². The highest BCUT2D eigenvalue weighted by molar-refractivity contribution is 5.48. The monoisotopic (exact) mass is 245 g/mol. The number of nitrogens with one attached hydrogen (secondary N) is 1. The Morgan fingerprint density at radius 2 is 2.18 bits per heavy atom. The van der Waals surface area contributed by atoms with Gasteiger partial charge in [0.1, 0.15) is 0 Å². The van der Waals surface area contributed by atoms with Crippen molar-refractivity contribution in [2.24, 2.45) is 0 Å². The highest BCUT2D eigenvalue weighted by Crippen LogP contribution is 2.32. The normalized spacial score (nSPS) is 20.9. The third-order valence-corrected chi connectivity index (χ3v) is 2.97. The Morgan fingerprint density at radius 3 is 2.82 bits per heavy atom. The number of alkyl halides is 3. The predicted octanol–water partition coefficient (Wildman–Crippen LogP) is 2.25. The lowest BCUT2D eigenvalue weighted by atomic mass is 10.2. The molecular weight excluding hydrogens is 231 g/mol. The molecule has 0 radical (unpaired) electrons. The highest BCUT2D eigenvalue weighted by atomic mass is 19.4. The summed E-state index contributed by atoms with van der Waals surface area (Å²) in [6.45, 7) is 0.758. The fourth-order valence-corrected chi connectivity index (χ4v) is 2.12. The molecule has 0 bridgehead atoms. The average Bonchev–Trinajstić information content (AvgIpc) is 2.76. The lowest BCUT2D eigenvalue weighted by Gasteiger charge is -2.26. The smallest absolute Gasteiger partial charge is 0.355 e. The van der Waals surface area contributed by atoms with E-state index >= 15 is 0 Å². The summed E-state index contributed by atoms with van der Waals surface area (Å²) in [5.41, 5.74) is -0.173. The number of rotatable bonds is 2. The maximum absolute atomic E-state index is 12.6. The number of hydrogen-bond donors (Lipinski definition) is 1. The Bertz CT molecular complexity index is 392. The van der Waals surface area contributed by atoms with Crippen molar-refractivity contribution in [1.29, 1.82) is 0 Å². The second-order valence-electron chi connectivity index (χ2n) is 4.07. The first-order valence-corrected chi connectivity index (χ1v) is 5.48. The number of anilines is 1. The van der Waals surface area contributed by atoms with Gasteiger partial charge in [0.25, 0.3) is 0 Å². The Kier molecular flexibility index (Phi) is 3.24. The molecule has 0 spiro atoms. The van der Waals surface area contributed by atoms with Crippen molar-refractivity contribution in [3.05, 3.63) is 24.0 Å². The maximum Gasteiger partial charge on any atom is 0.417 e.